The lowest BCUT2D eigenvalue weighted by Gasteiger charge is -2.36. The van der Waals surface area contributed by atoms with Crippen molar-refractivity contribution in [3.05, 3.63) is 36.3 Å². The molecule has 1 saturated heterocycles. The molecule has 1 aliphatic rings. The second-order valence-electron chi connectivity index (χ2n) is 5.27. The highest BCUT2D eigenvalue weighted by atomic mass is 15.1. The number of nitrogens with zero attached hydrogens (tertiary/aromatic N) is 3. The number of rotatable bonds is 2. The Bertz CT molecular complexity index is 533. The van der Waals surface area contributed by atoms with Gasteiger partial charge < -0.3 is 15.0 Å². The minimum Gasteiger partial charge on any atom is -0.330 e. The Morgan fingerprint density at radius 2 is 2.33 bits per heavy atom. The maximum absolute atomic E-state index is 5.95. The van der Waals surface area contributed by atoms with E-state index >= 15 is 0 Å². The number of piperidine rings is 1. The molecule has 4 heteroatoms. The minimum absolute atomic E-state index is 0.531. The van der Waals surface area contributed by atoms with Crippen molar-refractivity contribution >= 4 is 5.65 Å². The van der Waals surface area contributed by atoms with Crippen LogP contribution in [0.25, 0.3) is 5.65 Å². The summed E-state index contributed by atoms with van der Waals surface area (Å²) in [7, 11) is 2.17. The SMILES string of the molecule is CN1CCC(c2cnc3ccccn23)C(CN)C1. The summed E-state index contributed by atoms with van der Waals surface area (Å²) in [5.41, 5.74) is 8.29. The van der Waals surface area contributed by atoms with Crippen LogP contribution in [0.5, 0.6) is 0 Å². The fourth-order valence-corrected chi connectivity index (χ4v) is 3.07. The summed E-state index contributed by atoms with van der Waals surface area (Å²) in [6, 6.07) is 6.14. The molecule has 2 aromatic rings. The van der Waals surface area contributed by atoms with Crippen molar-refractivity contribution in [1.29, 1.82) is 0 Å². The molecule has 2 atom stereocenters. The van der Waals surface area contributed by atoms with E-state index in [1.54, 1.807) is 0 Å². The quantitative estimate of drug-likeness (QED) is 0.867. The van der Waals surface area contributed by atoms with Gasteiger partial charge in [0.1, 0.15) is 5.65 Å². The van der Waals surface area contributed by atoms with Gasteiger partial charge in [0.25, 0.3) is 0 Å². The van der Waals surface area contributed by atoms with Gasteiger partial charge in [0.2, 0.25) is 0 Å². The Morgan fingerprint density at radius 3 is 3.17 bits per heavy atom. The Morgan fingerprint density at radius 1 is 1.44 bits per heavy atom. The highest BCUT2D eigenvalue weighted by Crippen LogP contribution is 2.32. The number of hydrogen-bond acceptors (Lipinski definition) is 3. The Hall–Kier alpha value is -1.39. The van der Waals surface area contributed by atoms with Gasteiger partial charge in [-0.1, -0.05) is 6.07 Å². The zero-order valence-electron chi connectivity index (χ0n) is 10.8. The van der Waals surface area contributed by atoms with E-state index < -0.39 is 0 Å². The molecule has 1 aliphatic heterocycles. The van der Waals surface area contributed by atoms with Gasteiger partial charge in [0.05, 0.1) is 0 Å². The summed E-state index contributed by atoms with van der Waals surface area (Å²) in [5.74, 6) is 1.06. The largest absolute Gasteiger partial charge is 0.330 e. The summed E-state index contributed by atoms with van der Waals surface area (Å²) >= 11 is 0. The van der Waals surface area contributed by atoms with Crippen LogP contribution < -0.4 is 5.73 Å². The van der Waals surface area contributed by atoms with Crippen LogP contribution in [0.4, 0.5) is 0 Å². The molecule has 0 aromatic carbocycles. The molecule has 0 spiro atoms. The summed E-state index contributed by atoms with van der Waals surface area (Å²) < 4.78 is 2.21. The van der Waals surface area contributed by atoms with Crippen LogP contribution in [0.1, 0.15) is 18.0 Å². The van der Waals surface area contributed by atoms with E-state index in [0.717, 1.165) is 25.3 Å². The van der Waals surface area contributed by atoms with Crippen molar-refractivity contribution in [3.63, 3.8) is 0 Å². The summed E-state index contributed by atoms with van der Waals surface area (Å²) in [5, 5.41) is 0. The van der Waals surface area contributed by atoms with Crippen LogP contribution in [0, 0.1) is 5.92 Å². The van der Waals surface area contributed by atoms with Gasteiger partial charge in [-0.3, -0.25) is 0 Å². The number of likely N-dealkylation sites (tertiary alicyclic amines) is 1. The van der Waals surface area contributed by atoms with E-state index in [2.05, 4.69) is 39.7 Å². The van der Waals surface area contributed by atoms with Gasteiger partial charge in [-0.25, -0.2) is 4.98 Å². The first kappa shape index (κ1) is 11.7. The molecule has 96 valence electrons. The fraction of sp³-hybridized carbons (Fsp3) is 0.500. The van der Waals surface area contributed by atoms with Gasteiger partial charge in [-0.05, 0) is 44.6 Å². The average molecular weight is 244 g/mol. The van der Waals surface area contributed by atoms with Crippen molar-refractivity contribution in [3.8, 4) is 0 Å². The molecule has 2 unspecified atom stereocenters. The molecule has 0 aliphatic carbocycles. The van der Waals surface area contributed by atoms with Crippen LogP contribution in [0.15, 0.2) is 30.6 Å². The molecule has 2 aromatic heterocycles. The van der Waals surface area contributed by atoms with E-state index in [-0.39, 0.29) is 0 Å². The zero-order chi connectivity index (χ0) is 12.5. The van der Waals surface area contributed by atoms with Crippen LogP contribution in [-0.2, 0) is 0 Å². The average Bonchev–Trinajstić information content (AvgIpc) is 2.82. The highest BCUT2D eigenvalue weighted by Gasteiger charge is 2.29. The number of pyridine rings is 1. The summed E-state index contributed by atoms with van der Waals surface area (Å²) in [6.07, 6.45) is 5.29. The Balaban J connectivity index is 1.98. The van der Waals surface area contributed by atoms with Crippen molar-refractivity contribution in [2.45, 2.75) is 12.3 Å². The van der Waals surface area contributed by atoms with Crippen molar-refractivity contribution in [1.82, 2.24) is 14.3 Å². The van der Waals surface area contributed by atoms with Crippen LogP contribution in [-0.4, -0.2) is 41.0 Å². The normalized spacial score (nSPS) is 25.7. The molecule has 0 bridgehead atoms. The number of nitrogens with two attached hydrogens (primary N) is 1. The van der Waals surface area contributed by atoms with Crippen molar-refractivity contribution < 1.29 is 0 Å². The molecule has 3 heterocycles. The van der Waals surface area contributed by atoms with Crippen LogP contribution >= 0.6 is 0 Å². The first-order valence-electron chi connectivity index (χ1n) is 6.60. The van der Waals surface area contributed by atoms with Gasteiger partial charge in [-0.15, -0.1) is 0 Å². The van der Waals surface area contributed by atoms with Crippen LogP contribution in [0.3, 0.4) is 0 Å². The molecular weight excluding hydrogens is 224 g/mol. The third-order valence-electron chi connectivity index (χ3n) is 4.07. The topological polar surface area (TPSA) is 46.6 Å². The second kappa shape index (κ2) is 4.71. The second-order valence-corrected chi connectivity index (χ2v) is 5.27. The molecular formula is C14H20N4. The molecule has 0 radical (unpaired) electrons. The predicted molar refractivity (Wildman–Crippen MR) is 72.6 cm³/mol. The lowest BCUT2D eigenvalue weighted by atomic mass is 9.83. The lowest BCUT2D eigenvalue weighted by molar-refractivity contribution is 0.185. The van der Waals surface area contributed by atoms with E-state index in [1.807, 2.05) is 12.3 Å². The molecule has 4 nitrogen and oxygen atoms in total. The Kier molecular flexibility index (Phi) is 3.06. The monoisotopic (exact) mass is 244 g/mol. The minimum atomic E-state index is 0.531. The zero-order valence-corrected chi connectivity index (χ0v) is 10.8. The third-order valence-corrected chi connectivity index (χ3v) is 4.07. The van der Waals surface area contributed by atoms with E-state index in [1.165, 1.54) is 12.1 Å². The summed E-state index contributed by atoms with van der Waals surface area (Å²) in [4.78, 5) is 6.86. The van der Waals surface area contributed by atoms with Crippen molar-refractivity contribution in [2.75, 3.05) is 26.7 Å². The molecule has 2 N–H and O–H groups in total. The number of hydrogen-bond donors (Lipinski definition) is 1. The van der Waals surface area contributed by atoms with Crippen LogP contribution in [0.2, 0.25) is 0 Å². The molecule has 0 saturated carbocycles. The first-order valence-corrected chi connectivity index (χ1v) is 6.60. The summed E-state index contributed by atoms with van der Waals surface area (Å²) in [6.45, 7) is 2.97. The van der Waals surface area contributed by atoms with Gasteiger partial charge in [-0.2, -0.15) is 0 Å². The first-order chi connectivity index (χ1) is 8.79. The molecule has 3 rings (SSSR count). The van der Waals surface area contributed by atoms with Gasteiger partial charge in [0.15, 0.2) is 0 Å². The van der Waals surface area contributed by atoms with E-state index in [0.29, 0.717) is 11.8 Å². The maximum atomic E-state index is 5.95. The van der Waals surface area contributed by atoms with Gasteiger partial charge in [0, 0.05) is 30.6 Å². The number of imidazole rings is 1. The lowest BCUT2D eigenvalue weighted by Crippen LogP contribution is -2.40. The smallest absolute Gasteiger partial charge is 0.136 e. The molecule has 0 amide bonds. The highest BCUT2D eigenvalue weighted by molar-refractivity contribution is 5.40. The maximum Gasteiger partial charge on any atom is 0.136 e. The van der Waals surface area contributed by atoms with E-state index in [4.69, 9.17) is 5.73 Å². The Labute approximate surface area is 107 Å². The predicted octanol–water partition coefficient (Wildman–Crippen LogP) is 1.33. The standard InChI is InChI=1S/C14H20N4/c1-17-7-5-12(11(8-15)10-17)13-9-16-14-4-2-3-6-18(13)14/h2-4,6,9,11-12H,5,7-8,10,15H2,1H3. The third kappa shape index (κ3) is 1.91. The fourth-order valence-electron chi connectivity index (χ4n) is 3.07. The van der Waals surface area contributed by atoms with Crippen molar-refractivity contribution in [2.24, 2.45) is 11.7 Å². The number of fused-ring (bicyclic) bond motifs is 1. The number of aromatic nitrogens is 2. The van der Waals surface area contributed by atoms with E-state index in [9.17, 15) is 0 Å². The molecule has 1 fully saturated rings. The molecule has 18 heavy (non-hydrogen) atoms. The van der Waals surface area contributed by atoms with Gasteiger partial charge >= 0.3 is 0 Å².